The lowest BCUT2D eigenvalue weighted by Crippen LogP contribution is -2.56. The van der Waals surface area contributed by atoms with Gasteiger partial charge in [-0.15, -0.1) is 11.3 Å². The Morgan fingerprint density at radius 1 is 1.06 bits per heavy atom. The van der Waals surface area contributed by atoms with Crippen LogP contribution in [0.15, 0.2) is 35.7 Å². The Bertz CT molecular complexity index is 1210. The zero-order valence-corrected chi connectivity index (χ0v) is 19.2. The Balaban J connectivity index is 1.32. The van der Waals surface area contributed by atoms with E-state index in [1.165, 1.54) is 12.8 Å². The molecule has 1 aliphatic carbocycles. The van der Waals surface area contributed by atoms with E-state index in [0.29, 0.717) is 30.3 Å². The van der Waals surface area contributed by atoms with Gasteiger partial charge in [0.2, 0.25) is 12.7 Å². The molecule has 0 spiro atoms. The van der Waals surface area contributed by atoms with Gasteiger partial charge in [-0.25, -0.2) is 0 Å². The topological polar surface area (TPSA) is 72.8 Å². The second-order valence-electron chi connectivity index (χ2n) is 9.14. The summed E-state index contributed by atoms with van der Waals surface area (Å²) in [5, 5.41) is 5.31. The summed E-state index contributed by atoms with van der Waals surface area (Å²) in [6.45, 7) is 1.01. The highest BCUT2D eigenvalue weighted by Gasteiger charge is 2.38. The van der Waals surface area contributed by atoms with Crippen molar-refractivity contribution in [3.63, 3.8) is 0 Å². The highest BCUT2D eigenvalue weighted by Crippen LogP contribution is 2.35. The number of hydrogen-bond donors (Lipinski definition) is 1. The third kappa shape index (κ3) is 3.76. The number of rotatable bonds is 4. The zero-order valence-electron chi connectivity index (χ0n) is 18.4. The van der Waals surface area contributed by atoms with Gasteiger partial charge >= 0.3 is 0 Å². The molecule has 0 saturated heterocycles. The van der Waals surface area contributed by atoms with Crippen LogP contribution in [0, 0.1) is 0 Å². The van der Waals surface area contributed by atoms with E-state index in [2.05, 4.69) is 5.32 Å². The van der Waals surface area contributed by atoms with Crippen LogP contribution in [0.25, 0.3) is 10.2 Å². The summed E-state index contributed by atoms with van der Waals surface area (Å²) in [5.41, 5.74) is 2.59. The fourth-order valence-electron chi connectivity index (χ4n) is 5.27. The number of amides is 2. The van der Waals surface area contributed by atoms with Crippen LogP contribution < -0.4 is 14.8 Å². The molecular weight excluding hydrogens is 438 g/mol. The number of nitrogens with zero attached hydrogens (tertiary/aromatic N) is 2. The molecule has 33 heavy (non-hydrogen) atoms. The van der Waals surface area contributed by atoms with Crippen LogP contribution >= 0.6 is 11.3 Å². The number of thiophene rings is 1. The lowest BCUT2D eigenvalue weighted by Gasteiger charge is -2.36. The summed E-state index contributed by atoms with van der Waals surface area (Å²) < 4.78 is 14.0. The van der Waals surface area contributed by atoms with Gasteiger partial charge in [0.25, 0.3) is 5.91 Å². The Kier molecular flexibility index (Phi) is 5.25. The van der Waals surface area contributed by atoms with Gasteiger partial charge in [0.15, 0.2) is 11.5 Å². The zero-order chi connectivity index (χ0) is 22.4. The molecule has 3 aromatic rings. The summed E-state index contributed by atoms with van der Waals surface area (Å²) in [5.74, 6) is 1.22. The maximum Gasteiger partial charge on any atom is 0.271 e. The average Bonchev–Trinajstić information content (AvgIpc) is 3.49. The van der Waals surface area contributed by atoms with Crippen molar-refractivity contribution in [2.75, 3.05) is 6.79 Å². The standard InChI is InChI=1S/C25H27N3O4S/c29-24(26-17-5-3-1-2-4-6-17)20-14-27-18-9-10-33-23(18)12-19(27)25(30)28(20)13-16-7-8-21-22(11-16)32-15-31-21/h7-12,17,20H,1-6,13-15H2,(H,26,29). The van der Waals surface area contributed by atoms with E-state index < -0.39 is 6.04 Å². The van der Waals surface area contributed by atoms with Gasteiger partial charge in [-0.2, -0.15) is 0 Å². The molecule has 6 rings (SSSR count). The second kappa shape index (κ2) is 8.41. The Morgan fingerprint density at radius 2 is 1.88 bits per heavy atom. The minimum atomic E-state index is -0.561. The minimum absolute atomic E-state index is 0.0567. The Labute approximate surface area is 196 Å². The predicted molar refractivity (Wildman–Crippen MR) is 126 cm³/mol. The molecule has 2 aliphatic heterocycles. The van der Waals surface area contributed by atoms with Gasteiger partial charge in [-0.3, -0.25) is 9.59 Å². The fraction of sp³-hybridized carbons (Fsp3) is 0.440. The lowest BCUT2D eigenvalue weighted by molar-refractivity contribution is -0.127. The van der Waals surface area contributed by atoms with Crippen molar-refractivity contribution in [2.24, 2.45) is 0 Å². The number of hydrogen-bond acceptors (Lipinski definition) is 5. The molecular formula is C25H27N3O4S. The van der Waals surface area contributed by atoms with Crippen molar-refractivity contribution in [1.29, 1.82) is 0 Å². The van der Waals surface area contributed by atoms with Crippen molar-refractivity contribution in [3.8, 4) is 11.5 Å². The van der Waals surface area contributed by atoms with Crippen molar-refractivity contribution >= 4 is 33.4 Å². The van der Waals surface area contributed by atoms with Crippen LogP contribution in [0.4, 0.5) is 0 Å². The number of aromatic nitrogens is 1. The van der Waals surface area contributed by atoms with Crippen LogP contribution in [-0.2, 0) is 17.9 Å². The molecule has 1 saturated carbocycles. The molecule has 7 nitrogen and oxygen atoms in total. The fourth-order valence-corrected chi connectivity index (χ4v) is 6.10. The number of carbonyl (C=O) groups excluding carboxylic acids is 2. The number of benzene rings is 1. The highest BCUT2D eigenvalue weighted by atomic mass is 32.1. The molecule has 0 radical (unpaired) electrons. The predicted octanol–water partition coefficient (Wildman–Crippen LogP) is 4.30. The monoisotopic (exact) mass is 465 g/mol. The quantitative estimate of drug-likeness (QED) is 0.584. The average molecular weight is 466 g/mol. The summed E-state index contributed by atoms with van der Waals surface area (Å²) in [6, 6.07) is 9.32. The SMILES string of the molecule is O=C(NC1CCCCCC1)C1Cn2c(cc3sccc32)C(=O)N1Cc1ccc2c(c1)OCO2. The van der Waals surface area contributed by atoms with E-state index in [1.54, 1.807) is 16.2 Å². The first-order valence-corrected chi connectivity index (χ1v) is 12.6. The molecule has 1 unspecified atom stereocenters. The third-order valence-electron chi connectivity index (χ3n) is 7.03. The van der Waals surface area contributed by atoms with Gasteiger partial charge in [-0.05, 0) is 48.1 Å². The molecule has 1 fully saturated rings. The van der Waals surface area contributed by atoms with E-state index in [4.69, 9.17) is 9.47 Å². The second-order valence-corrected chi connectivity index (χ2v) is 10.1. The molecule has 2 amide bonds. The van der Waals surface area contributed by atoms with E-state index in [1.807, 2.05) is 40.3 Å². The van der Waals surface area contributed by atoms with Crippen LogP contribution in [0.2, 0.25) is 0 Å². The van der Waals surface area contributed by atoms with Gasteiger partial charge in [0.05, 0.1) is 16.8 Å². The van der Waals surface area contributed by atoms with Crippen LogP contribution in [-0.4, -0.2) is 40.2 Å². The number of nitrogens with one attached hydrogen (secondary N) is 1. The van der Waals surface area contributed by atoms with E-state index in [-0.39, 0.29) is 24.6 Å². The highest BCUT2D eigenvalue weighted by molar-refractivity contribution is 7.17. The van der Waals surface area contributed by atoms with Gasteiger partial charge in [-0.1, -0.05) is 31.7 Å². The Hall–Kier alpha value is -3.00. The molecule has 0 bridgehead atoms. The molecule has 172 valence electrons. The van der Waals surface area contributed by atoms with Crippen molar-refractivity contribution in [3.05, 3.63) is 47.0 Å². The summed E-state index contributed by atoms with van der Waals surface area (Å²) in [4.78, 5) is 28.9. The number of fused-ring (bicyclic) bond motifs is 4. The van der Waals surface area contributed by atoms with E-state index in [0.717, 1.165) is 41.5 Å². The van der Waals surface area contributed by atoms with Gasteiger partial charge in [0.1, 0.15) is 11.7 Å². The first-order chi connectivity index (χ1) is 16.2. The maximum atomic E-state index is 13.7. The maximum absolute atomic E-state index is 13.7. The molecule has 1 N–H and O–H groups in total. The van der Waals surface area contributed by atoms with Crippen molar-refractivity contribution in [2.45, 2.75) is 63.7 Å². The van der Waals surface area contributed by atoms with Crippen molar-refractivity contribution < 1.29 is 19.1 Å². The number of carbonyl (C=O) groups is 2. The first-order valence-electron chi connectivity index (χ1n) is 11.7. The van der Waals surface area contributed by atoms with Gasteiger partial charge in [0, 0.05) is 12.6 Å². The smallest absolute Gasteiger partial charge is 0.271 e. The number of ether oxygens (including phenoxy) is 2. The van der Waals surface area contributed by atoms with Crippen LogP contribution in [0.1, 0.15) is 54.6 Å². The van der Waals surface area contributed by atoms with Gasteiger partial charge < -0.3 is 24.3 Å². The van der Waals surface area contributed by atoms with E-state index in [9.17, 15) is 9.59 Å². The molecule has 2 aromatic heterocycles. The third-order valence-corrected chi connectivity index (χ3v) is 7.88. The lowest BCUT2D eigenvalue weighted by atomic mass is 10.1. The molecule has 1 atom stereocenters. The Morgan fingerprint density at radius 3 is 2.73 bits per heavy atom. The molecule has 1 aromatic carbocycles. The molecule has 8 heteroatoms. The van der Waals surface area contributed by atoms with E-state index >= 15 is 0 Å². The van der Waals surface area contributed by atoms with Crippen molar-refractivity contribution in [1.82, 2.24) is 14.8 Å². The van der Waals surface area contributed by atoms with Crippen LogP contribution in [0.3, 0.4) is 0 Å². The molecule has 3 aliphatic rings. The largest absolute Gasteiger partial charge is 0.454 e. The summed E-state index contributed by atoms with van der Waals surface area (Å²) in [7, 11) is 0. The summed E-state index contributed by atoms with van der Waals surface area (Å²) in [6.07, 6.45) is 6.77. The first kappa shape index (κ1) is 20.6. The van der Waals surface area contributed by atoms with Crippen LogP contribution in [0.5, 0.6) is 11.5 Å². The normalized spacial score (nSPS) is 20.7. The summed E-state index contributed by atoms with van der Waals surface area (Å²) >= 11 is 1.62. The minimum Gasteiger partial charge on any atom is -0.454 e. The molecule has 4 heterocycles.